The topological polar surface area (TPSA) is 35.2 Å². The van der Waals surface area contributed by atoms with Crippen molar-refractivity contribution in [1.29, 1.82) is 0 Å². The Bertz CT molecular complexity index is 365. The van der Waals surface area contributed by atoms with Gasteiger partial charge in [-0.1, -0.05) is 15.9 Å². The highest BCUT2D eigenvalue weighted by Crippen LogP contribution is 2.39. The molecule has 1 aromatic rings. The lowest BCUT2D eigenvalue weighted by molar-refractivity contribution is -0.138. The number of benzene rings is 1. The molecule has 0 atom stereocenters. The van der Waals surface area contributed by atoms with Crippen LogP contribution in [0.25, 0.3) is 0 Å². The Morgan fingerprint density at radius 3 is 2.40 bits per heavy atom. The van der Waals surface area contributed by atoms with Crippen LogP contribution in [0.1, 0.15) is 11.1 Å². The molecule has 2 N–H and O–H groups in total. The molecule has 0 saturated heterocycles. The number of nitrogens with two attached hydrogens (primary N) is 1. The van der Waals surface area contributed by atoms with Crippen molar-refractivity contribution in [3.05, 3.63) is 27.7 Å². The molecule has 2 nitrogen and oxygen atoms in total. The van der Waals surface area contributed by atoms with Crippen LogP contribution >= 0.6 is 15.9 Å². The number of hydrogen-bond acceptors (Lipinski definition) is 2. The van der Waals surface area contributed by atoms with Crippen LogP contribution in [0.4, 0.5) is 13.2 Å². The summed E-state index contributed by atoms with van der Waals surface area (Å²) in [6.45, 7) is -0.00824. The minimum absolute atomic E-state index is 0.00824. The second-order valence-electron chi connectivity index (χ2n) is 2.85. The summed E-state index contributed by atoms with van der Waals surface area (Å²) in [4.78, 5) is 0. The summed E-state index contributed by atoms with van der Waals surface area (Å²) < 4.78 is 42.8. The predicted octanol–water partition coefficient (Wildman–Crippen LogP) is 2.94. The first-order valence-electron chi connectivity index (χ1n) is 4.03. The zero-order valence-electron chi connectivity index (χ0n) is 7.86. The van der Waals surface area contributed by atoms with E-state index in [-0.39, 0.29) is 12.3 Å². The van der Waals surface area contributed by atoms with Crippen molar-refractivity contribution in [2.75, 3.05) is 7.11 Å². The highest BCUT2D eigenvalue weighted by atomic mass is 79.9. The molecule has 0 heterocycles. The second kappa shape index (κ2) is 4.40. The van der Waals surface area contributed by atoms with Gasteiger partial charge in [0, 0.05) is 16.6 Å². The van der Waals surface area contributed by atoms with Crippen molar-refractivity contribution in [3.8, 4) is 5.75 Å². The van der Waals surface area contributed by atoms with E-state index in [1.54, 1.807) is 0 Å². The van der Waals surface area contributed by atoms with Crippen molar-refractivity contribution >= 4 is 15.9 Å². The van der Waals surface area contributed by atoms with Crippen molar-refractivity contribution in [2.45, 2.75) is 12.7 Å². The van der Waals surface area contributed by atoms with Gasteiger partial charge in [-0.3, -0.25) is 0 Å². The minimum atomic E-state index is -4.45. The van der Waals surface area contributed by atoms with Crippen LogP contribution in [0.3, 0.4) is 0 Å². The quantitative estimate of drug-likeness (QED) is 0.906. The molecule has 0 fully saturated rings. The zero-order valence-corrected chi connectivity index (χ0v) is 9.45. The van der Waals surface area contributed by atoms with E-state index in [0.717, 1.165) is 6.07 Å². The number of methoxy groups -OCH3 is 1. The van der Waals surface area contributed by atoms with Crippen LogP contribution in [0.2, 0.25) is 0 Å². The summed E-state index contributed by atoms with van der Waals surface area (Å²) in [6.07, 6.45) is -4.45. The summed E-state index contributed by atoms with van der Waals surface area (Å²) in [7, 11) is 1.19. The molecule has 0 aliphatic carbocycles. The maximum atomic E-state index is 12.6. The normalized spacial score (nSPS) is 11.6. The SMILES string of the molecule is COc1c(CN)cc(Br)cc1C(F)(F)F. The van der Waals surface area contributed by atoms with Crippen molar-refractivity contribution in [3.63, 3.8) is 0 Å². The summed E-state index contributed by atoms with van der Waals surface area (Å²) in [6, 6.07) is 2.48. The highest BCUT2D eigenvalue weighted by Gasteiger charge is 2.35. The Labute approximate surface area is 93.3 Å². The molecule has 0 amide bonds. The zero-order chi connectivity index (χ0) is 11.6. The van der Waals surface area contributed by atoms with Crippen LogP contribution in [0, 0.1) is 0 Å². The lowest BCUT2D eigenvalue weighted by Gasteiger charge is -2.15. The predicted molar refractivity (Wildman–Crippen MR) is 53.6 cm³/mol. The maximum absolute atomic E-state index is 12.6. The molecular weight excluding hydrogens is 275 g/mol. The van der Waals surface area contributed by atoms with Gasteiger partial charge in [0.1, 0.15) is 5.75 Å². The Kier molecular flexibility index (Phi) is 3.62. The number of rotatable bonds is 2. The average molecular weight is 284 g/mol. The summed E-state index contributed by atoms with van der Waals surface area (Å²) in [5.74, 6) is -0.215. The van der Waals surface area contributed by atoms with Gasteiger partial charge in [-0.05, 0) is 12.1 Å². The molecule has 0 aliphatic rings. The van der Waals surface area contributed by atoms with Crippen molar-refractivity contribution in [2.24, 2.45) is 5.73 Å². The van der Waals surface area contributed by atoms with Crippen LogP contribution in [0.15, 0.2) is 16.6 Å². The molecule has 15 heavy (non-hydrogen) atoms. The fourth-order valence-corrected chi connectivity index (χ4v) is 1.76. The van der Waals surface area contributed by atoms with E-state index < -0.39 is 11.7 Å². The van der Waals surface area contributed by atoms with E-state index in [9.17, 15) is 13.2 Å². The average Bonchev–Trinajstić information content (AvgIpc) is 2.15. The van der Waals surface area contributed by atoms with Crippen molar-refractivity contribution < 1.29 is 17.9 Å². The van der Waals surface area contributed by atoms with Gasteiger partial charge in [-0.2, -0.15) is 13.2 Å². The van der Waals surface area contributed by atoms with E-state index in [4.69, 9.17) is 10.5 Å². The smallest absolute Gasteiger partial charge is 0.420 e. The van der Waals surface area contributed by atoms with E-state index in [2.05, 4.69) is 15.9 Å². The lowest BCUT2D eigenvalue weighted by atomic mass is 10.1. The highest BCUT2D eigenvalue weighted by molar-refractivity contribution is 9.10. The molecular formula is C9H9BrF3NO. The Morgan fingerprint density at radius 1 is 1.40 bits per heavy atom. The van der Waals surface area contributed by atoms with Gasteiger partial charge >= 0.3 is 6.18 Å². The van der Waals surface area contributed by atoms with Crippen LogP contribution < -0.4 is 10.5 Å². The van der Waals surface area contributed by atoms with E-state index in [1.165, 1.54) is 13.2 Å². The molecule has 84 valence electrons. The van der Waals surface area contributed by atoms with E-state index in [0.29, 0.717) is 10.0 Å². The number of hydrogen-bond donors (Lipinski definition) is 1. The van der Waals surface area contributed by atoms with Gasteiger partial charge in [0.2, 0.25) is 0 Å². The van der Waals surface area contributed by atoms with E-state index in [1.807, 2.05) is 0 Å². The summed E-state index contributed by atoms with van der Waals surface area (Å²) >= 11 is 3.00. The van der Waals surface area contributed by atoms with Gasteiger partial charge in [-0.15, -0.1) is 0 Å². The fourth-order valence-electron chi connectivity index (χ4n) is 1.25. The number of halogens is 4. The largest absolute Gasteiger partial charge is 0.496 e. The Hall–Kier alpha value is -0.750. The number of ether oxygens (including phenoxy) is 1. The molecule has 0 aliphatic heterocycles. The third kappa shape index (κ3) is 2.63. The fraction of sp³-hybridized carbons (Fsp3) is 0.333. The van der Waals surface area contributed by atoms with Gasteiger partial charge < -0.3 is 10.5 Å². The maximum Gasteiger partial charge on any atom is 0.420 e. The molecule has 0 unspecified atom stereocenters. The molecule has 0 aromatic heterocycles. The molecule has 0 bridgehead atoms. The first-order chi connectivity index (χ1) is 6.90. The van der Waals surface area contributed by atoms with Gasteiger partial charge in [0.15, 0.2) is 0 Å². The monoisotopic (exact) mass is 283 g/mol. The Morgan fingerprint density at radius 2 is 2.00 bits per heavy atom. The first-order valence-corrected chi connectivity index (χ1v) is 4.83. The lowest BCUT2D eigenvalue weighted by Crippen LogP contribution is -2.11. The molecule has 1 rings (SSSR count). The number of alkyl halides is 3. The molecule has 0 saturated carbocycles. The molecule has 0 spiro atoms. The van der Waals surface area contributed by atoms with Crippen LogP contribution in [-0.4, -0.2) is 7.11 Å². The molecule has 6 heteroatoms. The minimum Gasteiger partial charge on any atom is -0.496 e. The first kappa shape index (κ1) is 12.3. The Balaban J connectivity index is 3.42. The van der Waals surface area contributed by atoms with Gasteiger partial charge in [-0.25, -0.2) is 0 Å². The van der Waals surface area contributed by atoms with Gasteiger partial charge in [0.25, 0.3) is 0 Å². The summed E-state index contributed by atoms with van der Waals surface area (Å²) in [5, 5.41) is 0. The summed E-state index contributed by atoms with van der Waals surface area (Å²) in [5.41, 5.74) is 4.84. The third-order valence-corrected chi connectivity index (χ3v) is 2.32. The standard InChI is InChI=1S/C9H9BrF3NO/c1-15-8-5(4-14)2-6(10)3-7(8)9(11,12)13/h2-3H,4,14H2,1H3. The van der Waals surface area contributed by atoms with Gasteiger partial charge in [0.05, 0.1) is 12.7 Å². The van der Waals surface area contributed by atoms with Crippen LogP contribution in [0.5, 0.6) is 5.75 Å². The third-order valence-electron chi connectivity index (χ3n) is 1.86. The second-order valence-corrected chi connectivity index (χ2v) is 3.76. The molecule has 0 radical (unpaired) electrons. The van der Waals surface area contributed by atoms with E-state index >= 15 is 0 Å². The van der Waals surface area contributed by atoms with Crippen LogP contribution in [-0.2, 0) is 12.7 Å². The van der Waals surface area contributed by atoms with Crippen molar-refractivity contribution in [1.82, 2.24) is 0 Å². The molecule has 1 aromatic carbocycles.